The van der Waals surface area contributed by atoms with Gasteiger partial charge in [-0.3, -0.25) is 0 Å². The molecule has 0 radical (unpaired) electrons. The van der Waals surface area contributed by atoms with E-state index in [0.717, 1.165) is 8.91 Å². The quantitative estimate of drug-likeness (QED) is 0.537. The van der Waals surface area contributed by atoms with Crippen LogP contribution < -0.4 is 0 Å². The molecule has 1 atom stereocenters. The normalized spacial score (nSPS) is 13.6. The third-order valence-electron chi connectivity index (χ3n) is 0.766. The van der Waals surface area contributed by atoms with Crippen LogP contribution in [0, 0.1) is 5.92 Å². The largest absolute Gasteiger partial charge is 0.0886 e. The first-order valence-electron chi connectivity index (χ1n) is 2.08. The maximum Gasteiger partial charge on any atom is 0.00665 e. The van der Waals surface area contributed by atoms with Crippen LogP contribution in [0.2, 0.25) is 0 Å². The Hall–Kier alpha value is 0.950. The van der Waals surface area contributed by atoms with Gasteiger partial charge in [-0.05, 0) is 10.4 Å². The van der Waals surface area contributed by atoms with Gasteiger partial charge >= 0.3 is 0 Å². The monoisotopic (exact) mass is 274 g/mol. The molecule has 42 valence electrons. The summed E-state index contributed by atoms with van der Waals surface area (Å²) in [5.41, 5.74) is 0. The Kier molecular flexibility index (Phi) is 4.42. The van der Waals surface area contributed by atoms with E-state index in [1.807, 2.05) is 0 Å². The molecule has 0 rings (SSSR count). The molecule has 0 nitrogen and oxygen atoms in total. The van der Waals surface area contributed by atoms with Crippen molar-refractivity contribution in [1.29, 1.82) is 0 Å². The Bertz CT molecular complexity index is 70.5. The summed E-state index contributed by atoms with van der Waals surface area (Å²) >= 11 is 5.64. The Morgan fingerprint density at radius 3 is 2.43 bits per heavy atom. The lowest BCUT2D eigenvalue weighted by atomic mass is 10.2. The van der Waals surface area contributed by atoms with E-state index in [9.17, 15) is 0 Å². The van der Waals surface area contributed by atoms with E-state index in [1.165, 1.54) is 0 Å². The highest BCUT2D eigenvalue weighted by Gasteiger charge is 1.97. The molecular weight excluding hydrogens is 267 g/mol. The number of halogens is 2. The van der Waals surface area contributed by atoms with Gasteiger partial charge in [-0.1, -0.05) is 52.0 Å². The first-order valence-corrected chi connectivity index (χ1v) is 4.40. The average Bonchev–Trinajstić information content (AvgIpc) is 1.65. The summed E-state index contributed by atoms with van der Waals surface area (Å²) in [5, 5.41) is 0. The molecule has 0 aromatic heterocycles. The SMILES string of the molecule is C=C(Br)C(C)CI. The van der Waals surface area contributed by atoms with Gasteiger partial charge in [-0.25, -0.2) is 0 Å². The molecule has 0 N–H and O–H groups in total. The molecule has 0 spiro atoms. The molecule has 0 saturated heterocycles. The lowest BCUT2D eigenvalue weighted by Gasteiger charge is -2.00. The predicted molar refractivity (Wildman–Crippen MR) is 46.1 cm³/mol. The van der Waals surface area contributed by atoms with Gasteiger partial charge in [0.15, 0.2) is 0 Å². The minimum absolute atomic E-state index is 0.612. The number of allylic oxidation sites excluding steroid dienone is 1. The standard InChI is InChI=1S/C5H8BrI/c1-4(3-7)5(2)6/h4H,2-3H2,1H3. The molecule has 1 unspecified atom stereocenters. The van der Waals surface area contributed by atoms with Crippen molar-refractivity contribution < 1.29 is 0 Å². The lowest BCUT2D eigenvalue weighted by molar-refractivity contribution is 0.854. The Labute approximate surface area is 66.6 Å². The van der Waals surface area contributed by atoms with Crippen LogP contribution in [-0.4, -0.2) is 4.43 Å². The summed E-state index contributed by atoms with van der Waals surface area (Å²) in [6.07, 6.45) is 0. The van der Waals surface area contributed by atoms with Crippen LogP contribution in [0.3, 0.4) is 0 Å². The van der Waals surface area contributed by atoms with Gasteiger partial charge in [-0.2, -0.15) is 0 Å². The molecule has 2 heteroatoms. The van der Waals surface area contributed by atoms with Crippen molar-refractivity contribution in [2.75, 3.05) is 4.43 Å². The van der Waals surface area contributed by atoms with Gasteiger partial charge < -0.3 is 0 Å². The minimum atomic E-state index is 0.612. The fourth-order valence-corrected chi connectivity index (χ4v) is 1.38. The van der Waals surface area contributed by atoms with Gasteiger partial charge in [0, 0.05) is 4.43 Å². The maximum atomic E-state index is 3.74. The van der Waals surface area contributed by atoms with Crippen LogP contribution in [0.5, 0.6) is 0 Å². The summed E-state index contributed by atoms with van der Waals surface area (Å²) < 4.78 is 2.24. The molecular formula is C5H8BrI. The summed E-state index contributed by atoms with van der Waals surface area (Å²) in [5.74, 6) is 0.612. The highest BCUT2D eigenvalue weighted by molar-refractivity contribution is 14.1. The Morgan fingerprint density at radius 2 is 2.43 bits per heavy atom. The van der Waals surface area contributed by atoms with Crippen LogP contribution in [0.25, 0.3) is 0 Å². The summed E-state index contributed by atoms with van der Waals surface area (Å²) in [7, 11) is 0. The number of hydrogen-bond acceptors (Lipinski definition) is 0. The Morgan fingerprint density at radius 1 is 2.00 bits per heavy atom. The van der Waals surface area contributed by atoms with Crippen molar-refractivity contribution in [2.45, 2.75) is 6.92 Å². The van der Waals surface area contributed by atoms with E-state index < -0.39 is 0 Å². The van der Waals surface area contributed by atoms with Crippen LogP contribution in [0.1, 0.15) is 6.92 Å². The van der Waals surface area contributed by atoms with Crippen molar-refractivity contribution in [1.82, 2.24) is 0 Å². The fraction of sp³-hybridized carbons (Fsp3) is 0.600. The predicted octanol–water partition coefficient (Wildman–Crippen LogP) is 2.97. The van der Waals surface area contributed by atoms with Crippen molar-refractivity contribution >= 4 is 38.5 Å². The van der Waals surface area contributed by atoms with Crippen molar-refractivity contribution in [3.8, 4) is 0 Å². The molecule has 0 aliphatic rings. The van der Waals surface area contributed by atoms with Crippen molar-refractivity contribution in [2.24, 2.45) is 5.92 Å². The molecule has 0 bridgehead atoms. The van der Waals surface area contributed by atoms with Gasteiger partial charge in [-0.15, -0.1) is 0 Å². The first kappa shape index (κ1) is 7.95. The molecule has 0 aromatic rings. The van der Waals surface area contributed by atoms with E-state index in [0.29, 0.717) is 5.92 Å². The molecule has 0 aliphatic carbocycles. The van der Waals surface area contributed by atoms with Crippen molar-refractivity contribution in [3.63, 3.8) is 0 Å². The zero-order valence-corrected chi connectivity index (χ0v) is 7.99. The molecule has 0 fully saturated rings. The maximum absolute atomic E-state index is 3.74. The summed E-state index contributed by atoms with van der Waals surface area (Å²) in [6, 6.07) is 0. The van der Waals surface area contributed by atoms with E-state index in [2.05, 4.69) is 52.0 Å². The second-order valence-electron chi connectivity index (χ2n) is 1.50. The van der Waals surface area contributed by atoms with Crippen LogP contribution >= 0.6 is 38.5 Å². The van der Waals surface area contributed by atoms with Gasteiger partial charge in [0.05, 0.1) is 0 Å². The highest BCUT2D eigenvalue weighted by atomic mass is 127. The number of hydrogen-bond donors (Lipinski definition) is 0. The molecule has 7 heavy (non-hydrogen) atoms. The van der Waals surface area contributed by atoms with Crippen LogP contribution in [0.4, 0.5) is 0 Å². The van der Waals surface area contributed by atoms with E-state index in [4.69, 9.17) is 0 Å². The van der Waals surface area contributed by atoms with Gasteiger partial charge in [0.25, 0.3) is 0 Å². The van der Waals surface area contributed by atoms with Gasteiger partial charge in [0.2, 0.25) is 0 Å². The fourth-order valence-electron chi connectivity index (χ4n) is 0.0837. The zero-order chi connectivity index (χ0) is 5.86. The highest BCUT2D eigenvalue weighted by Crippen LogP contribution is 2.16. The molecule has 0 heterocycles. The van der Waals surface area contributed by atoms with Crippen LogP contribution in [-0.2, 0) is 0 Å². The number of rotatable bonds is 2. The van der Waals surface area contributed by atoms with E-state index in [1.54, 1.807) is 0 Å². The Balaban J connectivity index is 3.34. The molecule has 0 amide bonds. The minimum Gasteiger partial charge on any atom is -0.0886 e. The summed E-state index contributed by atoms with van der Waals surface area (Å²) in [4.78, 5) is 0. The molecule has 0 aromatic carbocycles. The third-order valence-corrected chi connectivity index (χ3v) is 2.87. The average molecular weight is 275 g/mol. The topological polar surface area (TPSA) is 0 Å². The second kappa shape index (κ2) is 3.89. The smallest absolute Gasteiger partial charge is 0.00665 e. The van der Waals surface area contributed by atoms with Gasteiger partial charge in [0.1, 0.15) is 0 Å². The molecule has 0 saturated carbocycles. The van der Waals surface area contributed by atoms with Crippen LogP contribution in [0.15, 0.2) is 11.1 Å². The van der Waals surface area contributed by atoms with E-state index in [-0.39, 0.29) is 0 Å². The number of alkyl halides is 1. The third kappa shape index (κ3) is 3.53. The zero-order valence-electron chi connectivity index (χ0n) is 4.25. The summed E-state index contributed by atoms with van der Waals surface area (Å²) in [6.45, 7) is 5.88. The molecule has 0 aliphatic heterocycles. The first-order chi connectivity index (χ1) is 3.18. The van der Waals surface area contributed by atoms with E-state index >= 15 is 0 Å². The second-order valence-corrected chi connectivity index (χ2v) is 3.40. The van der Waals surface area contributed by atoms with Crippen molar-refractivity contribution in [3.05, 3.63) is 11.1 Å². The lowest BCUT2D eigenvalue weighted by Crippen LogP contribution is -1.91.